The number of benzene rings is 1. The largest absolute Gasteiger partial charge is 0.484 e. The molecule has 0 fully saturated rings. The van der Waals surface area contributed by atoms with Crippen molar-refractivity contribution in [3.8, 4) is 5.75 Å². The average molecular weight is 333 g/mol. The van der Waals surface area contributed by atoms with Crippen LogP contribution in [0.1, 0.15) is 38.8 Å². The zero-order valence-corrected chi connectivity index (χ0v) is 13.4. The van der Waals surface area contributed by atoms with Crippen LogP contribution in [0.3, 0.4) is 0 Å². The van der Waals surface area contributed by atoms with Crippen molar-refractivity contribution in [2.24, 2.45) is 5.92 Å². The van der Waals surface area contributed by atoms with Gasteiger partial charge in [0.2, 0.25) is 5.91 Å². The molecule has 0 radical (unpaired) electrons. The van der Waals surface area contributed by atoms with Crippen LogP contribution in [0, 0.1) is 5.92 Å². The Morgan fingerprint density at radius 3 is 2.52 bits per heavy atom. The van der Waals surface area contributed by atoms with Crippen LogP contribution in [0.15, 0.2) is 24.3 Å². The van der Waals surface area contributed by atoms with E-state index in [0.29, 0.717) is 5.56 Å². The summed E-state index contributed by atoms with van der Waals surface area (Å²) in [6.07, 6.45) is -5.15. The van der Waals surface area contributed by atoms with E-state index in [1.165, 1.54) is 12.1 Å². The predicted molar refractivity (Wildman–Crippen MR) is 80.0 cm³/mol. The highest BCUT2D eigenvalue weighted by Crippen LogP contribution is 2.22. The summed E-state index contributed by atoms with van der Waals surface area (Å²) in [7, 11) is 0. The van der Waals surface area contributed by atoms with Crippen LogP contribution >= 0.6 is 0 Å². The second kappa shape index (κ2) is 8.19. The van der Waals surface area contributed by atoms with Gasteiger partial charge in [-0.15, -0.1) is 0 Å². The van der Waals surface area contributed by atoms with Gasteiger partial charge in [-0.2, -0.15) is 13.2 Å². The number of nitrogens with one attached hydrogen (secondary N) is 1. The average Bonchev–Trinajstić information content (AvgIpc) is 2.44. The van der Waals surface area contributed by atoms with Crippen molar-refractivity contribution in [2.75, 3.05) is 6.61 Å². The van der Waals surface area contributed by atoms with E-state index >= 15 is 0 Å². The molecule has 1 aromatic rings. The maximum Gasteiger partial charge on any atom is 0.422 e. The molecule has 0 aliphatic carbocycles. The van der Waals surface area contributed by atoms with E-state index in [9.17, 15) is 23.1 Å². The molecule has 1 aromatic carbocycles. The van der Waals surface area contributed by atoms with Crippen molar-refractivity contribution in [3.05, 3.63) is 29.8 Å². The summed E-state index contributed by atoms with van der Waals surface area (Å²) in [5.74, 6) is -0.265. The van der Waals surface area contributed by atoms with E-state index in [0.717, 1.165) is 0 Å². The topological polar surface area (TPSA) is 58.6 Å². The molecule has 130 valence electrons. The summed E-state index contributed by atoms with van der Waals surface area (Å²) >= 11 is 0. The smallest absolute Gasteiger partial charge is 0.422 e. The minimum Gasteiger partial charge on any atom is -0.484 e. The predicted octanol–water partition coefficient (Wildman–Crippen LogP) is 3.21. The van der Waals surface area contributed by atoms with Crippen molar-refractivity contribution in [2.45, 2.75) is 45.5 Å². The standard InChI is InChI=1S/C16H22F3NO3/c1-10(2)14(21)8-15(22)20-11(3)12-5-4-6-13(7-12)23-9-16(17,18)19/h4-7,10-11,14,21H,8-9H2,1-3H3,(H,20,22)/t11-,14-/m0/s1. The number of carbonyl (C=O) groups is 1. The quantitative estimate of drug-likeness (QED) is 0.805. The fourth-order valence-corrected chi connectivity index (χ4v) is 1.85. The summed E-state index contributed by atoms with van der Waals surface area (Å²) in [4.78, 5) is 11.8. The summed E-state index contributed by atoms with van der Waals surface area (Å²) in [5, 5.41) is 12.4. The zero-order chi connectivity index (χ0) is 17.6. The van der Waals surface area contributed by atoms with Crippen molar-refractivity contribution in [1.82, 2.24) is 5.32 Å². The van der Waals surface area contributed by atoms with Crippen molar-refractivity contribution in [3.63, 3.8) is 0 Å². The lowest BCUT2D eigenvalue weighted by atomic mass is 10.0. The molecule has 0 aliphatic heterocycles. The Labute approximate surface area is 133 Å². The summed E-state index contributed by atoms with van der Waals surface area (Å²) in [6.45, 7) is 3.96. The SMILES string of the molecule is CC(C)[C@@H](O)CC(=O)N[C@@H](C)c1cccc(OCC(F)(F)F)c1. The van der Waals surface area contributed by atoms with Crippen LogP contribution in [0.2, 0.25) is 0 Å². The van der Waals surface area contributed by atoms with Gasteiger partial charge in [0.05, 0.1) is 18.6 Å². The lowest BCUT2D eigenvalue weighted by Crippen LogP contribution is -2.31. The Bertz CT molecular complexity index is 518. The molecular weight excluding hydrogens is 311 g/mol. The lowest BCUT2D eigenvalue weighted by Gasteiger charge is -2.18. The van der Waals surface area contributed by atoms with Crippen molar-refractivity contribution >= 4 is 5.91 Å². The Morgan fingerprint density at radius 2 is 1.96 bits per heavy atom. The van der Waals surface area contributed by atoms with Crippen LogP contribution in [-0.2, 0) is 4.79 Å². The Balaban J connectivity index is 2.62. The minimum absolute atomic E-state index is 0.0216. The van der Waals surface area contributed by atoms with Gasteiger partial charge in [0.1, 0.15) is 5.75 Å². The number of hydrogen-bond donors (Lipinski definition) is 2. The number of alkyl halides is 3. The molecular formula is C16H22F3NO3. The second-order valence-electron chi connectivity index (χ2n) is 5.78. The molecule has 0 saturated carbocycles. The number of aliphatic hydroxyl groups excluding tert-OH is 1. The number of amides is 1. The second-order valence-corrected chi connectivity index (χ2v) is 5.78. The van der Waals surface area contributed by atoms with Gasteiger partial charge >= 0.3 is 6.18 Å². The summed E-state index contributed by atoms with van der Waals surface area (Å²) in [6, 6.07) is 5.72. The fourth-order valence-electron chi connectivity index (χ4n) is 1.85. The number of hydrogen-bond acceptors (Lipinski definition) is 3. The molecule has 1 rings (SSSR count). The number of ether oxygens (including phenoxy) is 1. The molecule has 4 nitrogen and oxygen atoms in total. The molecule has 0 bridgehead atoms. The molecule has 0 unspecified atom stereocenters. The summed E-state index contributed by atoms with van der Waals surface area (Å²) in [5.41, 5.74) is 0.622. The van der Waals surface area contributed by atoms with Gasteiger partial charge in [0, 0.05) is 0 Å². The normalized spacial score (nSPS) is 14.4. The van der Waals surface area contributed by atoms with Gasteiger partial charge in [-0.25, -0.2) is 0 Å². The molecule has 0 spiro atoms. The number of halogens is 3. The van der Waals surface area contributed by atoms with E-state index < -0.39 is 24.9 Å². The first-order chi connectivity index (χ1) is 10.6. The van der Waals surface area contributed by atoms with Crippen molar-refractivity contribution in [1.29, 1.82) is 0 Å². The first-order valence-corrected chi connectivity index (χ1v) is 7.35. The monoisotopic (exact) mass is 333 g/mol. The zero-order valence-electron chi connectivity index (χ0n) is 13.4. The van der Waals surface area contributed by atoms with Crippen LogP contribution in [0.4, 0.5) is 13.2 Å². The van der Waals surface area contributed by atoms with E-state index in [2.05, 4.69) is 10.1 Å². The van der Waals surface area contributed by atoms with Crippen molar-refractivity contribution < 1.29 is 27.8 Å². The van der Waals surface area contributed by atoms with Gasteiger partial charge in [-0.3, -0.25) is 4.79 Å². The van der Waals surface area contributed by atoms with Gasteiger partial charge in [0.15, 0.2) is 6.61 Å². The molecule has 0 aromatic heterocycles. The van der Waals surface area contributed by atoms with Gasteiger partial charge < -0.3 is 15.2 Å². The number of aliphatic hydroxyl groups is 1. The molecule has 0 saturated heterocycles. The Hall–Kier alpha value is -1.76. The van der Waals surface area contributed by atoms with Crippen LogP contribution in [-0.4, -0.2) is 29.9 Å². The highest BCUT2D eigenvalue weighted by Gasteiger charge is 2.28. The summed E-state index contributed by atoms with van der Waals surface area (Å²) < 4.78 is 41.1. The molecule has 0 aliphatic rings. The number of carbonyl (C=O) groups excluding carboxylic acids is 1. The maximum atomic E-state index is 12.2. The van der Waals surface area contributed by atoms with E-state index in [1.807, 2.05) is 13.8 Å². The number of rotatable bonds is 7. The molecule has 1 amide bonds. The van der Waals surface area contributed by atoms with E-state index in [-0.39, 0.29) is 24.0 Å². The maximum absolute atomic E-state index is 12.2. The Morgan fingerprint density at radius 1 is 1.30 bits per heavy atom. The first-order valence-electron chi connectivity index (χ1n) is 7.35. The fraction of sp³-hybridized carbons (Fsp3) is 0.562. The first kappa shape index (κ1) is 19.3. The third-order valence-electron chi connectivity index (χ3n) is 3.30. The van der Waals surface area contributed by atoms with Crippen LogP contribution < -0.4 is 10.1 Å². The van der Waals surface area contributed by atoms with Gasteiger partial charge in [0.25, 0.3) is 0 Å². The third-order valence-corrected chi connectivity index (χ3v) is 3.30. The van der Waals surface area contributed by atoms with Crippen LogP contribution in [0.5, 0.6) is 5.75 Å². The highest BCUT2D eigenvalue weighted by molar-refractivity contribution is 5.76. The van der Waals surface area contributed by atoms with Crippen LogP contribution in [0.25, 0.3) is 0 Å². The van der Waals surface area contributed by atoms with E-state index in [1.54, 1.807) is 19.1 Å². The Kier molecular flexibility index (Phi) is 6.87. The van der Waals surface area contributed by atoms with Gasteiger partial charge in [-0.1, -0.05) is 26.0 Å². The highest BCUT2D eigenvalue weighted by atomic mass is 19.4. The minimum atomic E-state index is -4.40. The lowest BCUT2D eigenvalue weighted by molar-refractivity contribution is -0.153. The molecule has 2 N–H and O–H groups in total. The van der Waals surface area contributed by atoms with E-state index in [4.69, 9.17) is 0 Å². The molecule has 0 heterocycles. The molecule has 2 atom stereocenters. The molecule has 23 heavy (non-hydrogen) atoms. The third kappa shape index (κ3) is 7.36. The molecule has 7 heteroatoms. The van der Waals surface area contributed by atoms with Gasteiger partial charge in [-0.05, 0) is 30.5 Å².